The van der Waals surface area contributed by atoms with Crippen LogP contribution in [-0.2, 0) is 4.79 Å². The molecule has 0 aliphatic carbocycles. The van der Waals surface area contributed by atoms with E-state index < -0.39 is 18.6 Å². The molecule has 0 heterocycles. The topological polar surface area (TPSA) is 64.4 Å². The van der Waals surface area contributed by atoms with Gasteiger partial charge in [-0.3, -0.25) is 4.79 Å². The molecule has 0 saturated carbocycles. The molecule has 7 heteroatoms. The van der Waals surface area contributed by atoms with Gasteiger partial charge >= 0.3 is 6.61 Å². The molecule has 0 aliphatic rings. The van der Waals surface area contributed by atoms with Crippen molar-refractivity contribution in [1.82, 2.24) is 0 Å². The van der Waals surface area contributed by atoms with Crippen LogP contribution in [0.3, 0.4) is 0 Å². The summed E-state index contributed by atoms with van der Waals surface area (Å²) in [6.07, 6.45) is 0. The van der Waals surface area contributed by atoms with Crippen LogP contribution in [0.25, 0.3) is 0 Å². The number of ether oxygens (including phenoxy) is 1. The monoisotopic (exact) mass is 370 g/mol. The zero-order valence-electron chi connectivity index (χ0n) is 13.9. The van der Waals surface area contributed by atoms with Crippen molar-refractivity contribution in [2.45, 2.75) is 26.5 Å². The van der Waals surface area contributed by atoms with Crippen LogP contribution in [-0.4, -0.2) is 12.5 Å². The van der Waals surface area contributed by atoms with Gasteiger partial charge in [-0.25, -0.2) is 0 Å². The lowest BCUT2D eigenvalue weighted by atomic mass is 9.94. The number of nitrogens with two attached hydrogens (primary N) is 1. The van der Waals surface area contributed by atoms with Gasteiger partial charge in [-0.2, -0.15) is 8.78 Å². The van der Waals surface area contributed by atoms with E-state index in [0.717, 1.165) is 5.56 Å². The van der Waals surface area contributed by atoms with Crippen LogP contribution in [0, 0.1) is 12.8 Å². The Bertz CT molecular complexity index is 699. The van der Waals surface area contributed by atoms with Crippen LogP contribution in [0.1, 0.15) is 24.1 Å². The summed E-state index contributed by atoms with van der Waals surface area (Å²) in [5, 5.41) is 2.69. The lowest BCUT2D eigenvalue weighted by Crippen LogP contribution is -2.30. The maximum atomic E-state index is 12.4. The first-order valence-corrected chi connectivity index (χ1v) is 7.55. The highest BCUT2D eigenvalue weighted by molar-refractivity contribution is 5.93. The minimum atomic E-state index is -2.92. The number of rotatable bonds is 6. The molecule has 0 radical (unpaired) electrons. The van der Waals surface area contributed by atoms with E-state index in [-0.39, 0.29) is 24.1 Å². The van der Waals surface area contributed by atoms with Gasteiger partial charge in [0.2, 0.25) is 5.91 Å². The van der Waals surface area contributed by atoms with Crippen molar-refractivity contribution in [1.29, 1.82) is 0 Å². The van der Waals surface area contributed by atoms with Crippen LogP contribution in [0.5, 0.6) is 5.75 Å². The third-order valence-electron chi connectivity index (χ3n) is 3.81. The van der Waals surface area contributed by atoms with Crippen LogP contribution >= 0.6 is 12.4 Å². The first-order chi connectivity index (χ1) is 11.4. The molecule has 2 unspecified atom stereocenters. The molecule has 2 aromatic carbocycles. The summed E-state index contributed by atoms with van der Waals surface area (Å²) in [5.41, 5.74) is 7.92. The lowest BCUT2D eigenvalue weighted by molar-refractivity contribution is -0.120. The maximum absolute atomic E-state index is 12.4. The summed E-state index contributed by atoms with van der Waals surface area (Å²) in [7, 11) is 0. The predicted molar refractivity (Wildman–Crippen MR) is 96.2 cm³/mol. The minimum Gasteiger partial charge on any atom is -0.434 e. The number of carbonyl (C=O) groups is 1. The molecule has 0 saturated heterocycles. The van der Waals surface area contributed by atoms with Gasteiger partial charge in [-0.15, -0.1) is 12.4 Å². The molecule has 0 aliphatic heterocycles. The fourth-order valence-corrected chi connectivity index (χ4v) is 2.28. The fourth-order valence-electron chi connectivity index (χ4n) is 2.28. The van der Waals surface area contributed by atoms with Crippen molar-refractivity contribution in [3.05, 3.63) is 59.7 Å². The molecule has 0 aromatic heterocycles. The first-order valence-electron chi connectivity index (χ1n) is 7.55. The van der Waals surface area contributed by atoms with Gasteiger partial charge in [0, 0.05) is 17.8 Å². The molecule has 3 N–H and O–H groups in total. The van der Waals surface area contributed by atoms with E-state index in [0.29, 0.717) is 11.3 Å². The van der Waals surface area contributed by atoms with Gasteiger partial charge in [0.05, 0.1) is 5.92 Å². The summed E-state index contributed by atoms with van der Waals surface area (Å²) < 4.78 is 29.2. The number of alkyl halides is 2. The van der Waals surface area contributed by atoms with Crippen molar-refractivity contribution in [2.75, 3.05) is 5.32 Å². The van der Waals surface area contributed by atoms with Crippen LogP contribution < -0.4 is 15.8 Å². The summed E-state index contributed by atoms with van der Waals surface area (Å²) >= 11 is 0. The molecule has 136 valence electrons. The number of nitrogens with one attached hydrogen (secondary N) is 1. The second-order valence-electron chi connectivity index (χ2n) is 5.57. The molecular formula is C18H21ClF2N2O2. The van der Waals surface area contributed by atoms with Gasteiger partial charge in [0.25, 0.3) is 0 Å². The van der Waals surface area contributed by atoms with Gasteiger partial charge in [-0.1, -0.05) is 43.3 Å². The van der Waals surface area contributed by atoms with E-state index in [4.69, 9.17) is 5.73 Å². The number of hydrogen-bond donors (Lipinski definition) is 2. The Morgan fingerprint density at radius 1 is 1.16 bits per heavy atom. The molecule has 2 aromatic rings. The SMILES string of the molecule is Cc1ccc(NC(=O)C(C)C(N)c2ccccc2)cc1OC(F)F.Cl. The van der Waals surface area contributed by atoms with E-state index in [1.807, 2.05) is 30.3 Å². The van der Waals surface area contributed by atoms with E-state index in [2.05, 4.69) is 10.1 Å². The van der Waals surface area contributed by atoms with Crippen LogP contribution in [0.2, 0.25) is 0 Å². The largest absolute Gasteiger partial charge is 0.434 e. The number of aryl methyl sites for hydroxylation is 1. The Labute approximate surface area is 151 Å². The smallest absolute Gasteiger partial charge is 0.387 e. The van der Waals surface area contributed by atoms with Gasteiger partial charge in [0.15, 0.2) is 0 Å². The van der Waals surface area contributed by atoms with Gasteiger partial charge in [0.1, 0.15) is 5.75 Å². The third-order valence-corrected chi connectivity index (χ3v) is 3.81. The van der Waals surface area contributed by atoms with E-state index >= 15 is 0 Å². The fraction of sp³-hybridized carbons (Fsp3) is 0.278. The average Bonchev–Trinajstić information content (AvgIpc) is 2.56. The molecular weight excluding hydrogens is 350 g/mol. The summed E-state index contributed by atoms with van der Waals surface area (Å²) in [4.78, 5) is 12.4. The van der Waals surface area contributed by atoms with E-state index in [1.54, 1.807) is 26.0 Å². The molecule has 25 heavy (non-hydrogen) atoms. The Morgan fingerprint density at radius 3 is 2.40 bits per heavy atom. The van der Waals surface area contributed by atoms with Crippen molar-refractivity contribution in [3.63, 3.8) is 0 Å². The van der Waals surface area contributed by atoms with Crippen molar-refractivity contribution in [2.24, 2.45) is 11.7 Å². The van der Waals surface area contributed by atoms with Crippen molar-refractivity contribution >= 4 is 24.0 Å². The number of anilines is 1. The minimum absolute atomic E-state index is 0. The zero-order chi connectivity index (χ0) is 17.7. The predicted octanol–water partition coefficient (Wildman–Crippen LogP) is 4.29. The van der Waals surface area contributed by atoms with Crippen LogP contribution in [0.15, 0.2) is 48.5 Å². The zero-order valence-corrected chi connectivity index (χ0v) is 14.7. The van der Waals surface area contributed by atoms with Gasteiger partial charge in [-0.05, 0) is 24.1 Å². The highest BCUT2D eigenvalue weighted by atomic mass is 35.5. The molecule has 2 atom stereocenters. The molecule has 0 bridgehead atoms. The molecule has 0 fully saturated rings. The van der Waals surface area contributed by atoms with Crippen molar-refractivity contribution in [3.8, 4) is 5.75 Å². The Kier molecular flexibility index (Phi) is 7.80. The Balaban J connectivity index is 0.00000312. The summed E-state index contributed by atoms with van der Waals surface area (Å²) in [6.45, 7) is 0.453. The number of amides is 1. The van der Waals surface area contributed by atoms with Crippen LogP contribution in [0.4, 0.5) is 14.5 Å². The molecule has 4 nitrogen and oxygen atoms in total. The van der Waals surface area contributed by atoms with E-state index in [9.17, 15) is 13.6 Å². The number of hydrogen-bond acceptors (Lipinski definition) is 3. The Morgan fingerprint density at radius 2 is 1.80 bits per heavy atom. The highest BCUT2D eigenvalue weighted by Crippen LogP contribution is 2.26. The number of carbonyl (C=O) groups excluding carboxylic acids is 1. The number of benzene rings is 2. The average molecular weight is 371 g/mol. The number of halogens is 3. The third kappa shape index (κ3) is 5.69. The normalized spacial score (nSPS) is 12.9. The second-order valence-corrected chi connectivity index (χ2v) is 5.57. The maximum Gasteiger partial charge on any atom is 0.387 e. The van der Waals surface area contributed by atoms with E-state index in [1.165, 1.54) is 6.07 Å². The molecule has 1 amide bonds. The quantitative estimate of drug-likeness (QED) is 0.797. The summed E-state index contributed by atoms with van der Waals surface area (Å²) in [6, 6.07) is 13.4. The van der Waals surface area contributed by atoms with Gasteiger partial charge < -0.3 is 15.8 Å². The molecule has 0 spiro atoms. The highest BCUT2D eigenvalue weighted by Gasteiger charge is 2.22. The van der Waals surface area contributed by atoms with Crippen molar-refractivity contribution < 1.29 is 18.3 Å². The second kappa shape index (κ2) is 9.34. The molecule has 2 rings (SSSR count). The Hall–Kier alpha value is -2.18. The lowest BCUT2D eigenvalue weighted by Gasteiger charge is -2.20. The summed E-state index contributed by atoms with van der Waals surface area (Å²) in [5.74, 6) is -0.755. The standard InChI is InChI=1S/C18H20F2N2O2.ClH/c1-11-8-9-14(10-15(11)24-18(19)20)22-17(23)12(2)16(21)13-6-4-3-5-7-13;/h3-10,12,16,18H,21H2,1-2H3,(H,22,23);1H. The first kappa shape index (κ1) is 20.9.